The first kappa shape index (κ1) is 15.7. The summed E-state index contributed by atoms with van der Waals surface area (Å²) < 4.78 is 0. The lowest BCUT2D eigenvalue weighted by Gasteiger charge is -2.35. The first-order valence-electron chi connectivity index (χ1n) is 7.44. The summed E-state index contributed by atoms with van der Waals surface area (Å²) in [5, 5.41) is 8.77. The largest absolute Gasteiger partial charge is 0.478 e. The van der Waals surface area contributed by atoms with Crippen LogP contribution in [0.1, 0.15) is 24.0 Å². The second kappa shape index (κ2) is 7.38. The Bertz CT molecular complexity index is 503. The minimum atomic E-state index is -0.906. The molecule has 0 bridgehead atoms. The molecule has 1 aliphatic rings. The highest BCUT2D eigenvalue weighted by molar-refractivity contribution is 5.85. The highest BCUT2D eigenvalue weighted by Crippen LogP contribution is 2.19. The molecule has 0 unspecified atom stereocenters. The summed E-state index contributed by atoms with van der Waals surface area (Å²) in [6.07, 6.45) is 5.28. The van der Waals surface area contributed by atoms with Gasteiger partial charge in [0.15, 0.2) is 0 Å². The summed E-state index contributed by atoms with van der Waals surface area (Å²) in [6, 6.07) is 8.70. The number of likely N-dealkylation sites (tertiary alicyclic amines) is 1. The summed E-state index contributed by atoms with van der Waals surface area (Å²) in [7, 11) is 4.29. The van der Waals surface area contributed by atoms with E-state index in [2.05, 4.69) is 30.0 Å². The predicted molar refractivity (Wildman–Crippen MR) is 85.1 cm³/mol. The summed E-state index contributed by atoms with van der Waals surface area (Å²) in [5.41, 5.74) is 2.19. The van der Waals surface area contributed by atoms with Gasteiger partial charge in [-0.3, -0.25) is 4.90 Å². The summed E-state index contributed by atoms with van der Waals surface area (Å²) in [6.45, 7) is 3.08. The number of carbonyl (C=O) groups is 1. The molecule has 4 nitrogen and oxygen atoms in total. The summed E-state index contributed by atoms with van der Waals surface area (Å²) in [5.74, 6) is -0.906. The molecule has 1 heterocycles. The fraction of sp³-hybridized carbons (Fsp3) is 0.471. The van der Waals surface area contributed by atoms with E-state index in [1.165, 1.54) is 24.5 Å². The third kappa shape index (κ3) is 4.69. The molecule has 0 aliphatic carbocycles. The van der Waals surface area contributed by atoms with Gasteiger partial charge >= 0.3 is 5.97 Å². The Balaban J connectivity index is 1.99. The topological polar surface area (TPSA) is 43.8 Å². The summed E-state index contributed by atoms with van der Waals surface area (Å²) >= 11 is 0. The van der Waals surface area contributed by atoms with Gasteiger partial charge in [0.2, 0.25) is 0 Å². The second-order valence-corrected chi connectivity index (χ2v) is 5.84. The van der Waals surface area contributed by atoms with Crippen LogP contribution in [-0.2, 0) is 11.3 Å². The molecule has 0 spiro atoms. The molecule has 4 heteroatoms. The van der Waals surface area contributed by atoms with Gasteiger partial charge in [0.05, 0.1) is 0 Å². The van der Waals surface area contributed by atoms with Crippen molar-refractivity contribution in [2.45, 2.75) is 25.4 Å². The van der Waals surface area contributed by atoms with Crippen LogP contribution < -0.4 is 0 Å². The lowest BCUT2D eigenvalue weighted by atomic mass is 10.0. The highest BCUT2D eigenvalue weighted by Gasteiger charge is 2.20. The third-order valence-corrected chi connectivity index (χ3v) is 4.14. The van der Waals surface area contributed by atoms with Gasteiger partial charge < -0.3 is 10.0 Å². The lowest BCUT2D eigenvalue weighted by molar-refractivity contribution is -0.131. The molecule has 1 aliphatic heterocycles. The monoisotopic (exact) mass is 288 g/mol. The maximum Gasteiger partial charge on any atom is 0.328 e. The SMILES string of the molecule is CN(C)C1CCN(Cc2ccccc2C=CC(=O)O)CC1. The molecule has 1 saturated heterocycles. The van der Waals surface area contributed by atoms with E-state index in [4.69, 9.17) is 5.11 Å². The zero-order valence-corrected chi connectivity index (χ0v) is 12.8. The fourth-order valence-corrected chi connectivity index (χ4v) is 2.84. The van der Waals surface area contributed by atoms with E-state index in [9.17, 15) is 4.79 Å². The summed E-state index contributed by atoms with van der Waals surface area (Å²) in [4.78, 5) is 15.4. The van der Waals surface area contributed by atoms with Gasteiger partial charge in [-0.1, -0.05) is 24.3 Å². The van der Waals surface area contributed by atoms with Crippen molar-refractivity contribution >= 4 is 12.0 Å². The van der Waals surface area contributed by atoms with E-state index in [0.29, 0.717) is 6.04 Å². The number of aliphatic carboxylic acids is 1. The molecule has 0 radical (unpaired) electrons. The zero-order valence-electron chi connectivity index (χ0n) is 12.8. The predicted octanol–water partition coefficient (Wildman–Crippen LogP) is 2.31. The molecule has 21 heavy (non-hydrogen) atoms. The van der Waals surface area contributed by atoms with Crippen molar-refractivity contribution in [1.29, 1.82) is 0 Å². The van der Waals surface area contributed by atoms with Crippen LogP contribution in [0.3, 0.4) is 0 Å². The van der Waals surface area contributed by atoms with Crippen molar-refractivity contribution in [3.05, 3.63) is 41.5 Å². The van der Waals surface area contributed by atoms with Gasteiger partial charge in [0.25, 0.3) is 0 Å². The van der Waals surface area contributed by atoms with Gasteiger partial charge in [-0.15, -0.1) is 0 Å². The van der Waals surface area contributed by atoms with Gasteiger partial charge in [-0.25, -0.2) is 4.79 Å². The Hall–Kier alpha value is -1.65. The molecule has 0 atom stereocenters. The number of hydrogen-bond donors (Lipinski definition) is 1. The first-order chi connectivity index (χ1) is 10.1. The number of nitrogens with zero attached hydrogens (tertiary/aromatic N) is 2. The molecule has 2 rings (SSSR count). The zero-order chi connectivity index (χ0) is 15.2. The van der Waals surface area contributed by atoms with Crippen LogP contribution in [0.4, 0.5) is 0 Å². The average molecular weight is 288 g/mol. The standard InChI is InChI=1S/C17H24N2O2/c1-18(2)16-9-11-19(12-10-16)13-15-6-4-3-5-14(15)7-8-17(20)21/h3-8,16H,9-13H2,1-2H3,(H,20,21). The number of rotatable bonds is 5. The van der Waals surface area contributed by atoms with E-state index in [1.807, 2.05) is 18.2 Å². The number of benzene rings is 1. The molecule has 1 fully saturated rings. The Kier molecular flexibility index (Phi) is 5.53. The maximum absolute atomic E-state index is 10.7. The van der Waals surface area contributed by atoms with E-state index in [-0.39, 0.29) is 0 Å². The van der Waals surface area contributed by atoms with Crippen molar-refractivity contribution in [2.24, 2.45) is 0 Å². The van der Waals surface area contributed by atoms with Crippen LogP contribution >= 0.6 is 0 Å². The average Bonchev–Trinajstić information content (AvgIpc) is 2.47. The second-order valence-electron chi connectivity index (χ2n) is 5.84. The lowest BCUT2D eigenvalue weighted by Crippen LogP contribution is -2.41. The molecular formula is C17H24N2O2. The maximum atomic E-state index is 10.7. The molecule has 114 valence electrons. The molecule has 1 aromatic carbocycles. The number of carboxylic acids is 1. The van der Waals surface area contributed by atoms with Crippen LogP contribution in [0.2, 0.25) is 0 Å². The van der Waals surface area contributed by atoms with Crippen molar-refractivity contribution in [3.63, 3.8) is 0 Å². The van der Waals surface area contributed by atoms with Crippen molar-refractivity contribution in [3.8, 4) is 0 Å². The van der Waals surface area contributed by atoms with E-state index in [0.717, 1.165) is 25.2 Å². The minimum Gasteiger partial charge on any atom is -0.478 e. The van der Waals surface area contributed by atoms with E-state index < -0.39 is 5.97 Å². The Labute approximate surface area is 126 Å². The van der Waals surface area contributed by atoms with Crippen LogP contribution in [0.25, 0.3) is 6.08 Å². The fourth-order valence-electron chi connectivity index (χ4n) is 2.84. The van der Waals surface area contributed by atoms with Crippen molar-refractivity contribution < 1.29 is 9.90 Å². The molecule has 0 aromatic heterocycles. The Morgan fingerprint density at radius 1 is 1.33 bits per heavy atom. The molecule has 0 amide bonds. The molecule has 0 saturated carbocycles. The van der Waals surface area contributed by atoms with Crippen molar-refractivity contribution in [1.82, 2.24) is 9.80 Å². The number of carboxylic acid groups (broad SMARTS) is 1. The van der Waals surface area contributed by atoms with Gasteiger partial charge in [-0.05, 0) is 57.2 Å². The third-order valence-electron chi connectivity index (χ3n) is 4.14. The van der Waals surface area contributed by atoms with E-state index in [1.54, 1.807) is 6.08 Å². The number of hydrogen-bond acceptors (Lipinski definition) is 3. The van der Waals surface area contributed by atoms with Gasteiger partial charge in [0.1, 0.15) is 0 Å². The first-order valence-corrected chi connectivity index (χ1v) is 7.44. The Morgan fingerprint density at radius 2 is 2.00 bits per heavy atom. The van der Waals surface area contributed by atoms with Crippen LogP contribution in [0.15, 0.2) is 30.3 Å². The van der Waals surface area contributed by atoms with Gasteiger partial charge in [-0.2, -0.15) is 0 Å². The normalized spacial score (nSPS) is 17.7. The molecular weight excluding hydrogens is 264 g/mol. The molecule has 1 N–H and O–H groups in total. The Morgan fingerprint density at radius 3 is 2.62 bits per heavy atom. The smallest absolute Gasteiger partial charge is 0.328 e. The highest BCUT2D eigenvalue weighted by atomic mass is 16.4. The van der Waals surface area contributed by atoms with Crippen LogP contribution in [-0.4, -0.2) is 54.1 Å². The van der Waals surface area contributed by atoms with Crippen molar-refractivity contribution in [2.75, 3.05) is 27.2 Å². The van der Waals surface area contributed by atoms with Crippen LogP contribution in [0.5, 0.6) is 0 Å². The minimum absolute atomic E-state index is 0.684. The van der Waals surface area contributed by atoms with Crippen LogP contribution in [0, 0.1) is 0 Å². The van der Waals surface area contributed by atoms with E-state index >= 15 is 0 Å². The number of piperidine rings is 1. The molecule has 1 aromatic rings. The quantitative estimate of drug-likeness (QED) is 0.845. The van der Waals surface area contributed by atoms with Gasteiger partial charge in [0, 0.05) is 18.7 Å².